The van der Waals surface area contributed by atoms with Crippen LogP contribution in [0.15, 0.2) is 59.7 Å². The molecule has 2 N–H and O–H groups in total. The monoisotopic (exact) mass is 387 g/mol. The van der Waals surface area contributed by atoms with E-state index >= 15 is 0 Å². The van der Waals surface area contributed by atoms with Crippen molar-refractivity contribution < 1.29 is 22.7 Å². The number of H-pyrrole nitrogens is 1. The summed E-state index contributed by atoms with van der Waals surface area (Å²) in [7, 11) is 1.07. The number of methoxy groups -OCH3 is 1. The molecule has 4 rings (SSSR count). The minimum absolute atomic E-state index is 0.117. The minimum atomic E-state index is -4.80. The fourth-order valence-electron chi connectivity index (χ4n) is 3.52. The number of carbonyl (C=O) groups is 1. The molecule has 0 amide bonds. The molecule has 0 radical (unpaired) electrons. The van der Waals surface area contributed by atoms with Gasteiger partial charge < -0.3 is 15.0 Å². The van der Waals surface area contributed by atoms with Gasteiger partial charge in [-0.2, -0.15) is 13.2 Å². The number of benzene rings is 2. The number of esters is 1. The number of rotatable bonds is 2. The van der Waals surface area contributed by atoms with Gasteiger partial charge in [-0.05, 0) is 18.2 Å². The largest absolute Gasteiger partial charge is 0.468 e. The summed E-state index contributed by atoms with van der Waals surface area (Å²) < 4.78 is 46.5. The van der Waals surface area contributed by atoms with E-state index in [-0.39, 0.29) is 5.69 Å². The lowest BCUT2D eigenvalue weighted by Gasteiger charge is -2.27. The van der Waals surface area contributed by atoms with E-state index in [4.69, 9.17) is 4.74 Å². The number of nitrogens with one attached hydrogen (secondary N) is 2. The summed E-state index contributed by atoms with van der Waals surface area (Å²) in [6.45, 7) is 0. The van der Waals surface area contributed by atoms with Gasteiger partial charge >= 0.3 is 12.1 Å². The molecule has 8 heteroatoms. The molecule has 0 fully saturated rings. The first-order valence-corrected chi connectivity index (χ1v) is 8.55. The van der Waals surface area contributed by atoms with Gasteiger partial charge in [0.1, 0.15) is 11.6 Å². The van der Waals surface area contributed by atoms with E-state index in [9.17, 15) is 18.0 Å². The maximum absolute atomic E-state index is 13.9. The Morgan fingerprint density at radius 1 is 1.11 bits per heavy atom. The van der Waals surface area contributed by atoms with Crippen molar-refractivity contribution in [3.63, 3.8) is 0 Å². The van der Waals surface area contributed by atoms with Crippen LogP contribution in [-0.2, 0) is 9.53 Å². The number of hydrogen-bond donors (Lipinski definition) is 2. The van der Waals surface area contributed by atoms with Crippen LogP contribution in [0.5, 0.6) is 0 Å². The maximum Gasteiger partial charge on any atom is 0.430 e. The predicted octanol–water partition coefficient (Wildman–Crippen LogP) is 4.76. The minimum Gasteiger partial charge on any atom is -0.468 e. The van der Waals surface area contributed by atoms with Gasteiger partial charge in [0.25, 0.3) is 0 Å². The lowest BCUT2D eigenvalue weighted by atomic mass is 9.88. The van der Waals surface area contributed by atoms with Gasteiger partial charge in [0.2, 0.25) is 0 Å². The number of ether oxygens (including phenoxy) is 1. The van der Waals surface area contributed by atoms with Crippen LogP contribution in [0, 0.1) is 5.92 Å². The molecule has 1 aliphatic rings. The van der Waals surface area contributed by atoms with Crippen LogP contribution in [-0.4, -0.2) is 30.0 Å². The summed E-state index contributed by atoms with van der Waals surface area (Å²) in [5.74, 6) is -2.68. The number of aromatic amines is 1. The van der Waals surface area contributed by atoms with Crippen molar-refractivity contribution in [3.8, 4) is 0 Å². The fraction of sp³-hybridized carbons (Fsp3) is 0.200. The zero-order valence-electron chi connectivity index (χ0n) is 14.7. The van der Waals surface area contributed by atoms with E-state index in [1.165, 1.54) is 6.07 Å². The van der Waals surface area contributed by atoms with Gasteiger partial charge in [-0.25, -0.2) is 4.99 Å². The molecule has 0 aliphatic carbocycles. The zero-order chi connectivity index (χ0) is 19.9. The number of nitrogens with zero attached hydrogens (tertiary/aromatic N) is 1. The van der Waals surface area contributed by atoms with E-state index in [1.54, 1.807) is 36.5 Å². The summed E-state index contributed by atoms with van der Waals surface area (Å²) in [5.41, 5.74) is 0.620. The lowest BCUT2D eigenvalue weighted by molar-refractivity contribution is -0.145. The van der Waals surface area contributed by atoms with E-state index in [2.05, 4.69) is 15.3 Å². The first-order valence-electron chi connectivity index (χ1n) is 8.55. The average molecular weight is 387 g/mol. The quantitative estimate of drug-likeness (QED) is 0.623. The number of fused-ring (bicyclic) bond motifs is 2. The Balaban J connectivity index is 1.97. The first kappa shape index (κ1) is 18.1. The van der Waals surface area contributed by atoms with Crippen LogP contribution in [0.1, 0.15) is 11.6 Å². The molecule has 2 heterocycles. The SMILES string of the molecule is COC(=O)[C@@H]1C(C(F)(F)F)=Nc2ccccc2N[C@@H]1c1c[nH]c2ccccc12. The molecule has 0 bridgehead atoms. The van der Waals surface area contributed by atoms with Crippen molar-refractivity contribution in [2.45, 2.75) is 12.2 Å². The van der Waals surface area contributed by atoms with E-state index < -0.39 is 29.8 Å². The van der Waals surface area contributed by atoms with Crippen LogP contribution < -0.4 is 5.32 Å². The summed E-state index contributed by atoms with van der Waals surface area (Å²) in [6.07, 6.45) is -3.19. The molecule has 144 valence electrons. The highest BCUT2D eigenvalue weighted by Gasteiger charge is 2.50. The van der Waals surface area contributed by atoms with Crippen molar-refractivity contribution in [3.05, 3.63) is 60.3 Å². The third-order valence-corrected chi connectivity index (χ3v) is 4.79. The molecule has 1 aromatic heterocycles. The Kier molecular flexibility index (Phi) is 4.33. The van der Waals surface area contributed by atoms with Crippen molar-refractivity contribution in [2.24, 2.45) is 10.9 Å². The number of aromatic nitrogens is 1. The molecule has 2 aromatic carbocycles. The maximum atomic E-state index is 13.9. The standard InChI is InChI=1S/C20H16F3N3O2/c1-28-19(27)16-17(12-10-24-13-7-3-2-6-11(12)13)25-14-8-4-5-9-15(14)26-18(16)20(21,22)23/h2-10,16-17,24-25H,1H3/t16-,17+/m0/s1. The highest BCUT2D eigenvalue weighted by Crippen LogP contribution is 2.42. The number of alkyl halides is 3. The van der Waals surface area contributed by atoms with Crippen molar-refractivity contribution >= 4 is 34.0 Å². The average Bonchev–Trinajstić information content (AvgIpc) is 3.01. The first-order chi connectivity index (χ1) is 13.4. The molecule has 28 heavy (non-hydrogen) atoms. The molecule has 0 unspecified atom stereocenters. The second kappa shape index (κ2) is 6.70. The highest BCUT2D eigenvalue weighted by atomic mass is 19.4. The van der Waals surface area contributed by atoms with Crippen LogP contribution in [0.2, 0.25) is 0 Å². The fourth-order valence-corrected chi connectivity index (χ4v) is 3.52. The Hall–Kier alpha value is -3.29. The van der Waals surface area contributed by atoms with E-state index in [0.717, 1.165) is 18.0 Å². The van der Waals surface area contributed by atoms with Gasteiger partial charge in [0.15, 0.2) is 0 Å². The second-order valence-corrected chi connectivity index (χ2v) is 6.42. The van der Waals surface area contributed by atoms with Crippen molar-refractivity contribution in [1.29, 1.82) is 0 Å². The zero-order valence-corrected chi connectivity index (χ0v) is 14.7. The number of para-hydroxylation sites is 3. The van der Waals surface area contributed by atoms with Gasteiger partial charge in [0.05, 0.1) is 24.5 Å². The van der Waals surface area contributed by atoms with Gasteiger partial charge in [-0.1, -0.05) is 30.3 Å². The van der Waals surface area contributed by atoms with Gasteiger partial charge in [-0.3, -0.25) is 4.79 Å². The lowest BCUT2D eigenvalue weighted by Crippen LogP contribution is -2.41. The molecule has 0 saturated heterocycles. The molecule has 1 aliphatic heterocycles. The third-order valence-electron chi connectivity index (χ3n) is 4.79. The van der Waals surface area contributed by atoms with Crippen LogP contribution in [0.4, 0.5) is 24.5 Å². The van der Waals surface area contributed by atoms with Crippen LogP contribution in [0.3, 0.4) is 0 Å². The third kappa shape index (κ3) is 3.00. The molecule has 2 atom stereocenters. The molecular formula is C20H16F3N3O2. The summed E-state index contributed by atoms with van der Waals surface area (Å²) in [4.78, 5) is 19.4. The number of halogens is 3. The van der Waals surface area contributed by atoms with E-state index in [1.807, 2.05) is 12.1 Å². The molecular weight excluding hydrogens is 371 g/mol. The number of hydrogen-bond acceptors (Lipinski definition) is 4. The van der Waals surface area contributed by atoms with Gasteiger partial charge in [-0.15, -0.1) is 0 Å². The van der Waals surface area contributed by atoms with E-state index in [0.29, 0.717) is 11.3 Å². The molecule has 0 saturated carbocycles. The Morgan fingerprint density at radius 3 is 2.57 bits per heavy atom. The van der Waals surface area contributed by atoms with Crippen LogP contribution in [0.25, 0.3) is 10.9 Å². The molecule has 0 spiro atoms. The predicted molar refractivity (Wildman–Crippen MR) is 99.8 cm³/mol. The van der Waals surface area contributed by atoms with Crippen LogP contribution >= 0.6 is 0 Å². The second-order valence-electron chi connectivity index (χ2n) is 6.42. The molecule has 5 nitrogen and oxygen atoms in total. The normalized spacial score (nSPS) is 19.4. The topological polar surface area (TPSA) is 66.5 Å². The number of aliphatic imine (C=N–C) groups is 1. The summed E-state index contributed by atoms with van der Waals surface area (Å²) in [6, 6.07) is 12.6. The highest BCUT2D eigenvalue weighted by molar-refractivity contribution is 6.09. The summed E-state index contributed by atoms with van der Waals surface area (Å²) in [5, 5.41) is 3.80. The van der Waals surface area contributed by atoms with Crippen molar-refractivity contribution in [2.75, 3.05) is 12.4 Å². The number of anilines is 1. The number of carbonyl (C=O) groups excluding carboxylic acids is 1. The van der Waals surface area contributed by atoms with Gasteiger partial charge in [0, 0.05) is 22.7 Å². The Labute approximate surface area is 158 Å². The smallest absolute Gasteiger partial charge is 0.430 e. The Bertz CT molecular complexity index is 1070. The Morgan fingerprint density at radius 2 is 1.82 bits per heavy atom. The molecule has 3 aromatic rings. The summed E-state index contributed by atoms with van der Waals surface area (Å²) >= 11 is 0. The van der Waals surface area contributed by atoms with Crippen molar-refractivity contribution in [1.82, 2.24) is 4.98 Å².